The summed E-state index contributed by atoms with van der Waals surface area (Å²) in [6.45, 7) is -0.635. The monoisotopic (exact) mass is 492 g/mol. The van der Waals surface area contributed by atoms with Gasteiger partial charge < -0.3 is 37.5 Å². The Labute approximate surface area is 200 Å². The maximum atomic E-state index is 12.8. The highest BCUT2D eigenvalue weighted by molar-refractivity contribution is 7.80. The Morgan fingerprint density at radius 1 is 1.03 bits per heavy atom. The number of aromatic amines is 1. The van der Waals surface area contributed by atoms with E-state index in [1.165, 1.54) is 0 Å². The third-order valence-corrected chi connectivity index (χ3v) is 5.36. The van der Waals surface area contributed by atoms with Gasteiger partial charge in [0.15, 0.2) is 0 Å². The molecule has 9 N–H and O–H groups in total. The summed E-state index contributed by atoms with van der Waals surface area (Å²) >= 11 is 4.00. The standard InChI is InChI=1S/C21H28N6O6S/c22-13(7-11-8-24-14-4-2-1-3-12(11)14)19(31)26-15(5-6-17(23)28)21(33)27-16(10-34)20(32)25-9-18(29)30/h1-4,8,13,15-16,24,34H,5-7,9-10,22H2,(H2,23,28)(H,25,32)(H,26,31)(H,27,33)(H,29,30). The van der Waals surface area contributed by atoms with E-state index in [-0.39, 0.29) is 25.0 Å². The summed E-state index contributed by atoms with van der Waals surface area (Å²) in [5.41, 5.74) is 13.0. The average molecular weight is 493 g/mol. The van der Waals surface area contributed by atoms with Crippen LogP contribution in [0.3, 0.4) is 0 Å². The zero-order chi connectivity index (χ0) is 25.3. The molecule has 1 heterocycles. The van der Waals surface area contributed by atoms with Crippen molar-refractivity contribution in [3.05, 3.63) is 36.0 Å². The minimum Gasteiger partial charge on any atom is -0.480 e. The first-order valence-electron chi connectivity index (χ1n) is 10.4. The molecular formula is C21H28N6O6S. The molecule has 184 valence electrons. The zero-order valence-electron chi connectivity index (χ0n) is 18.2. The number of thiol groups is 1. The molecule has 2 rings (SSSR count). The molecule has 0 saturated carbocycles. The number of primary amides is 1. The van der Waals surface area contributed by atoms with Crippen LogP contribution in [0.2, 0.25) is 0 Å². The van der Waals surface area contributed by atoms with Gasteiger partial charge in [-0.05, 0) is 24.5 Å². The summed E-state index contributed by atoms with van der Waals surface area (Å²) in [7, 11) is 0. The lowest BCUT2D eigenvalue weighted by Crippen LogP contribution is -2.56. The van der Waals surface area contributed by atoms with Crippen LogP contribution in [0.15, 0.2) is 30.5 Å². The number of hydrogen-bond acceptors (Lipinski definition) is 7. The number of rotatable bonds is 13. The number of carbonyl (C=O) groups is 5. The molecule has 0 aliphatic heterocycles. The fourth-order valence-electron chi connectivity index (χ4n) is 3.22. The van der Waals surface area contributed by atoms with Crippen LogP contribution >= 0.6 is 12.6 Å². The largest absolute Gasteiger partial charge is 0.480 e. The fourth-order valence-corrected chi connectivity index (χ4v) is 3.47. The van der Waals surface area contributed by atoms with E-state index in [4.69, 9.17) is 16.6 Å². The number of carboxylic acids is 1. The number of aliphatic carboxylic acids is 1. The molecule has 3 unspecified atom stereocenters. The lowest BCUT2D eigenvalue weighted by molar-refractivity contribution is -0.138. The first-order chi connectivity index (χ1) is 16.1. The molecule has 0 fully saturated rings. The Hall–Kier alpha value is -3.58. The van der Waals surface area contributed by atoms with Crippen molar-refractivity contribution in [2.75, 3.05) is 12.3 Å². The number of para-hydroxylation sites is 1. The molecule has 34 heavy (non-hydrogen) atoms. The molecular weight excluding hydrogens is 464 g/mol. The van der Waals surface area contributed by atoms with Crippen molar-refractivity contribution < 1.29 is 29.1 Å². The first-order valence-corrected chi connectivity index (χ1v) is 11.1. The van der Waals surface area contributed by atoms with Gasteiger partial charge >= 0.3 is 5.97 Å². The number of aromatic nitrogens is 1. The highest BCUT2D eigenvalue weighted by Crippen LogP contribution is 2.18. The van der Waals surface area contributed by atoms with Gasteiger partial charge in [-0.25, -0.2) is 0 Å². The predicted octanol–water partition coefficient (Wildman–Crippen LogP) is -1.60. The number of hydrogen-bond donors (Lipinski definition) is 8. The average Bonchev–Trinajstić information content (AvgIpc) is 3.20. The minimum absolute atomic E-state index is 0.122. The van der Waals surface area contributed by atoms with Gasteiger partial charge in [0.25, 0.3) is 0 Å². The Kier molecular flexibility index (Phi) is 9.89. The molecule has 1 aromatic carbocycles. The molecule has 0 saturated heterocycles. The van der Waals surface area contributed by atoms with Gasteiger partial charge in [0.05, 0.1) is 6.04 Å². The fraction of sp³-hybridized carbons (Fsp3) is 0.381. The Morgan fingerprint density at radius 3 is 2.35 bits per heavy atom. The van der Waals surface area contributed by atoms with E-state index in [2.05, 4.69) is 33.6 Å². The summed E-state index contributed by atoms with van der Waals surface area (Å²) in [5.74, 6) is -4.23. The number of carboxylic acid groups (broad SMARTS) is 1. The molecule has 12 nitrogen and oxygen atoms in total. The SMILES string of the molecule is NC(=O)CCC(NC(=O)C(N)Cc1c[nH]c2ccccc12)C(=O)NC(CS)C(=O)NCC(=O)O. The van der Waals surface area contributed by atoms with Crippen molar-refractivity contribution in [2.45, 2.75) is 37.4 Å². The van der Waals surface area contributed by atoms with Gasteiger partial charge in [0.1, 0.15) is 18.6 Å². The number of nitrogens with one attached hydrogen (secondary N) is 4. The topological polar surface area (TPSA) is 209 Å². The highest BCUT2D eigenvalue weighted by Gasteiger charge is 2.28. The highest BCUT2D eigenvalue weighted by atomic mass is 32.1. The molecule has 4 amide bonds. The molecule has 13 heteroatoms. The molecule has 1 aromatic heterocycles. The van der Waals surface area contributed by atoms with Crippen LogP contribution in [-0.2, 0) is 30.4 Å². The second kappa shape index (κ2) is 12.6. The van der Waals surface area contributed by atoms with Gasteiger partial charge in [0, 0.05) is 29.3 Å². The third-order valence-electron chi connectivity index (χ3n) is 4.99. The smallest absolute Gasteiger partial charge is 0.322 e. The van der Waals surface area contributed by atoms with Crippen molar-refractivity contribution >= 4 is 53.1 Å². The van der Waals surface area contributed by atoms with Crippen molar-refractivity contribution in [3.8, 4) is 0 Å². The van der Waals surface area contributed by atoms with Gasteiger partial charge in [-0.15, -0.1) is 0 Å². The van der Waals surface area contributed by atoms with Gasteiger partial charge in [0.2, 0.25) is 23.6 Å². The lowest BCUT2D eigenvalue weighted by Gasteiger charge is -2.23. The number of fused-ring (bicyclic) bond motifs is 1. The van der Waals surface area contributed by atoms with Crippen molar-refractivity contribution in [3.63, 3.8) is 0 Å². The van der Waals surface area contributed by atoms with E-state index in [0.29, 0.717) is 0 Å². The van der Waals surface area contributed by atoms with Crippen LogP contribution in [0.1, 0.15) is 18.4 Å². The lowest BCUT2D eigenvalue weighted by atomic mass is 10.0. The summed E-state index contributed by atoms with van der Waals surface area (Å²) < 4.78 is 0. The molecule has 0 spiro atoms. The van der Waals surface area contributed by atoms with E-state index >= 15 is 0 Å². The maximum absolute atomic E-state index is 12.8. The van der Waals surface area contributed by atoms with Crippen LogP contribution in [0, 0.1) is 0 Å². The number of H-pyrrole nitrogens is 1. The number of carbonyl (C=O) groups excluding carboxylic acids is 4. The molecule has 0 aliphatic rings. The summed E-state index contributed by atoms with van der Waals surface area (Å²) in [6, 6.07) is 4.15. The molecule has 0 aliphatic carbocycles. The Bertz CT molecular complexity index is 1060. The van der Waals surface area contributed by atoms with Crippen molar-refractivity contribution in [1.29, 1.82) is 0 Å². The minimum atomic E-state index is -1.26. The van der Waals surface area contributed by atoms with E-state index < -0.39 is 54.3 Å². The first kappa shape index (κ1) is 26.7. The Balaban J connectivity index is 2.05. The number of benzene rings is 1. The molecule has 0 bridgehead atoms. The van der Waals surface area contributed by atoms with E-state index in [9.17, 15) is 24.0 Å². The summed E-state index contributed by atoms with van der Waals surface area (Å²) in [6.07, 6.45) is 1.62. The van der Waals surface area contributed by atoms with Crippen molar-refractivity contribution in [1.82, 2.24) is 20.9 Å². The predicted molar refractivity (Wildman–Crippen MR) is 127 cm³/mol. The second-order valence-corrected chi connectivity index (χ2v) is 7.96. The number of nitrogens with two attached hydrogens (primary N) is 2. The van der Waals surface area contributed by atoms with Crippen LogP contribution in [-0.4, -0.2) is 70.1 Å². The molecule has 0 radical (unpaired) electrons. The third kappa shape index (κ3) is 7.78. The van der Waals surface area contributed by atoms with Crippen molar-refractivity contribution in [2.24, 2.45) is 11.5 Å². The number of amides is 4. The second-order valence-electron chi connectivity index (χ2n) is 7.59. The Morgan fingerprint density at radius 2 is 1.71 bits per heavy atom. The maximum Gasteiger partial charge on any atom is 0.322 e. The van der Waals surface area contributed by atoms with Gasteiger partial charge in [-0.2, -0.15) is 12.6 Å². The van der Waals surface area contributed by atoms with Crippen LogP contribution in [0.25, 0.3) is 10.9 Å². The zero-order valence-corrected chi connectivity index (χ0v) is 19.1. The molecule has 2 aromatic rings. The molecule has 3 atom stereocenters. The van der Waals surface area contributed by atoms with Crippen LogP contribution in [0.5, 0.6) is 0 Å². The summed E-state index contributed by atoms with van der Waals surface area (Å²) in [4.78, 5) is 62.6. The van der Waals surface area contributed by atoms with E-state index in [0.717, 1.165) is 16.5 Å². The van der Waals surface area contributed by atoms with Crippen LogP contribution < -0.4 is 27.4 Å². The quantitative estimate of drug-likeness (QED) is 0.153. The van der Waals surface area contributed by atoms with E-state index in [1.807, 2.05) is 24.3 Å². The van der Waals surface area contributed by atoms with E-state index in [1.54, 1.807) is 6.20 Å². The van der Waals surface area contributed by atoms with Crippen LogP contribution in [0.4, 0.5) is 0 Å². The van der Waals surface area contributed by atoms with Gasteiger partial charge in [-0.3, -0.25) is 24.0 Å². The van der Waals surface area contributed by atoms with Gasteiger partial charge in [-0.1, -0.05) is 18.2 Å². The summed E-state index contributed by atoms with van der Waals surface area (Å²) in [5, 5.41) is 16.6. The normalized spacial score (nSPS) is 13.5.